The van der Waals surface area contributed by atoms with Crippen LogP contribution in [0.4, 0.5) is 0 Å². The topological polar surface area (TPSA) is 442 Å². The molecule has 0 aliphatic carbocycles. The summed E-state index contributed by atoms with van der Waals surface area (Å²) in [6.07, 6.45) is -13.3. The maximum atomic E-state index is 12.2. The fraction of sp³-hybridized carbons (Fsp3) is 0.556. The predicted molar refractivity (Wildman–Crippen MR) is 155 cm³/mol. The van der Waals surface area contributed by atoms with Crippen LogP contribution >= 0.6 is 38.8 Å². The van der Waals surface area contributed by atoms with E-state index in [1.807, 2.05) is 9.97 Å². The molecular formula is C18H22BN4O25P5-5. The number of phosphoric ester groups is 2. The summed E-state index contributed by atoms with van der Waals surface area (Å²) in [5.41, 5.74) is -3.94. The lowest BCUT2D eigenvalue weighted by molar-refractivity contribution is -0.241. The van der Waals surface area contributed by atoms with Gasteiger partial charge < -0.3 is 70.7 Å². The number of ether oxygens (including phenoxy) is 2. The summed E-state index contributed by atoms with van der Waals surface area (Å²) >= 11 is 0. The van der Waals surface area contributed by atoms with Gasteiger partial charge in [-0.1, -0.05) is 0 Å². The second kappa shape index (κ2) is 16.2. The molecular weight excluding hydrogens is 838 g/mol. The van der Waals surface area contributed by atoms with Gasteiger partial charge in [0.1, 0.15) is 36.6 Å². The first-order valence-electron chi connectivity index (χ1n) is 13.6. The fourth-order valence-electron chi connectivity index (χ4n) is 4.39. The molecule has 2 fully saturated rings. The van der Waals surface area contributed by atoms with Crippen LogP contribution in [0.1, 0.15) is 12.5 Å². The van der Waals surface area contributed by atoms with Crippen LogP contribution in [0, 0.1) is 0 Å². The number of rotatable bonds is 16. The summed E-state index contributed by atoms with van der Waals surface area (Å²) in [6.45, 7) is -2.69. The Morgan fingerprint density at radius 2 is 0.962 bits per heavy atom. The van der Waals surface area contributed by atoms with Crippen LogP contribution in [0.2, 0.25) is 0 Å². The van der Waals surface area contributed by atoms with Gasteiger partial charge in [0.05, 0.1) is 20.7 Å². The molecule has 4 unspecified atom stereocenters. The molecule has 0 saturated carbocycles. The number of hydrogen-bond donors (Lipinski definition) is 6. The molecule has 2 aliphatic rings. The second-order valence-electron chi connectivity index (χ2n) is 10.4. The molecule has 4 rings (SSSR count). The normalized spacial score (nSPS) is 31.9. The Labute approximate surface area is 292 Å². The van der Waals surface area contributed by atoms with Gasteiger partial charge in [-0.15, -0.1) is 0 Å². The molecule has 12 atom stereocenters. The van der Waals surface area contributed by atoms with E-state index in [1.165, 1.54) is 0 Å². The van der Waals surface area contributed by atoms with E-state index < -0.39 is 124 Å². The third kappa shape index (κ3) is 11.5. The highest BCUT2D eigenvalue weighted by molar-refractivity contribution is 7.87. The monoisotopic (exact) mass is 860 g/mol. The van der Waals surface area contributed by atoms with Gasteiger partial charge in [-0.2, -0.15) is 0 Å². The molecule has 35 heteroatoms. The quantitative estimate of drug-likeness (QED) is 0.0675. The number of hydrogen-bond acceptors (Lipinski definition) is 25. The predicted octanol–water partition coefficient (Wildman–Crippen LogP) is -6.42. The summed E-state index contributed by atoms with van der Waals surface area (Å²) in [7, 11) is -27.0. The van der Waals surface area contributed by atoms with Gasteiger partial charge in [-0.05, 0) is 0 Å². The summed E-state index contributed by atoms with van der Waals surface area (Å²) in [5, 5.41) is 40.6. The summed E-state index contributed by atoms with van der Waals surface area (Å²) in [4.78, 5) is 98.3. The molecule has 0 bridgehead atoms. The Morgan fingerprint density at radius 1 is 0.623 bits per heavy atom. The molecule has 53 heavy (non-hydrogen) atoms. The largest absolute Gasteiger partial charge is 0.756 e. The van der Waals surface area contributed by atoms with E-state index in [9.17, 15) is 82.0 Å². The van der Waals surface area contributed by atoms with E-state index in [0.717, 1.165) is 24.5 Å². The van der Waals surface area contributed by atoms with Crippen molar-refractivity contribution in [3.05, 3.63) is 66.2 Å². The Bertz CT molecular complexity index is 2010. The number of aliphatic hydroxyl groups excluding tert-OH is 4. The number of nitrogens with zero attached hydrogens (tertiary/aromatic N) is 2. The van der Waals surface area contributed by atoms with Crippen LogP contribution in [-0.2, 0) is 58.6 Å². The SMILES string of the molecule is [B-]P(=O)(OP(=O)([O-])OP(=O)([O-])OC[C@H]1O[C@@H](n2ccc(=O)[nH]c2=O)[C@H](O)[C@@H]1O)OP(=O)([O-])OP(=O)([O-])OC[C@H]1O[C@@H](n2ccc(=O)[nH]c2=O)[C@H](O)[C@@H]1O. The van der Waals surface area contributed by atoms with Crippen molar-refractivity contribution in [2.24, 2.45) is 0 Å². The minimum absolute atomic E-state index is 0.591. The first kappa shape index (κ1) is 43.7. The molecule has 6 N–H and O–H groups in total. The lowest BCUT2D eigenvalue weighted by Crippen LogP contribution is -2.37. The van der Waals surface area contributed by atoms with Crippen LogP contribution < -0.4 is 42.1 Å². The number of aromatic amines is 2. The Balaban J connectivity index is 1.30. The molecule has 0 spiro atoms. The Kier molecular flexibility index (Phi) is 13.3. The molecule has 2 aromatic rings. The second-order valence-corrected chi connectivity index (χ2v) is 18.2. The highest BCUT2D eigenvalue weighted by atomic mass is 31.3. The first-order valence-corrected chi connectivity index (χ1v) is 21.1. The van der Waals surface area contributed by atoms with Gasteiger partial charge in [0.25, 0.3) is 42.4 Å². The van der Waals surface area contributed by atoms with E-state index in [4.69, 9.17) is 17.0 Å². The van der Waals surface area contributed by atoms with Gasteiger partial charge in [0.2, 0.25) is 0 Å². The van der Waals surface area contributed by atoms with Crippen molar-refractivity contribution in [2.75, 3.05) is 13.2 Å². The molecule has 297 valence electrons. The average molecular weight is 860 g/mol. The van der Waals surface area contributed by atoms with Crippen LogP contribution in [0.3, 0.4) is 0 Å². The van der Waals surface area contributed by atoms with Crippen molar-refractivity contribution < 1.29 is 98.6 Å². The van der Waals surface area contributed by atoms with Crippen LogP contribution in [-0.4, -0.2) is 96.9 Å². The van der Waals surface area contributed by atoms with Gasteiger partial charge >= 0.3 is 11.4 Å². The van der Waals surface area contributed by atoms with E-state index >= 15 is 0 Å². The number of nitrogens with one attached hydrogen (secondary N) is 2. The molecule has 0 amide bonds. The van der Waals surface area contributed by atoms with Crippen molar-refractivity contribution in [3.8, 4) is 0 Å². The lowest BCUT2D eigenvalue weighted by atomic mass is 10.1. The van der Waals surface area contributed by atoms with E-state index in [1.54, 1.807) is 0 Å². The summed E-state index contributed by atoms with van der Waals surface area (Å²) < 4.78 is 94.8. The zero-order valence-electron chi connectivity index (χ0n) is 25.4. The maximum absolute atomic E-state index is 12.2. The Morgan fingerprint density at radius 3 is 1.28 bits per heavy atom. The van der Waals surface area contributed by atoms with Crippen molar-refractivity contribution in [2.45, 2.75) is 49.1 Å². The third-order valence-corrected chi connectivity index (χ3v) is 14.1. The number of aliphatic hydroxyl groups is 4. The van der Waals surface area contributed by atoms with Crippen molar-refractivity contribution in [3.63, 3.8) is 0 Å². The van der Waals surface area contributed by atoms with Crippen molar-refractivity contribution >= 4 is 46.3 Å². The summed E-state index contributed by atoms with van der Waals surface area (Å²) in [6, 6.07) is 1.66. The number of aromatic nitrogens is 4. The minimum Gasteiger partial charge on any atom is -0.756 e. The van der Waals surface area contributed by atoms with Crippen LogP contribution in [0.25, 0.3) is 0 Å². The molecule has 2 aromatic heterocycles. The highest BCUT2D eigenvalue weighted by Crippen LogP contribution is 2.70. The molecule has 2 aliphatic heterocycles. The molecule has 29 nitrogen and oxygen atoms in total. The zero-order valence-corrected chi connectivity index (χ0v) is 29.9. The maximum Gasteiger partial charge on any atom is 0.330 e. The van der Waals surface area contributed by atoms with E-state index in [-0.39, 0.29) is 0 Å². The van der Waals surface area contributed by atoms with Gasteiger partial charge in [0, 0.05) is 24.5 Å². The van der Waals surface area contributed by atoms with Crippen molar-refractivity contribution in [1.29, 1.82) is 0 Å². The number of H-pyrrole nitrogens is 2. The number of phosphoric acid groups is 4. The average Bonchev–Trinajstić information content (AvgIpc) is 3.42. The molecule has 2 saturated heterocycles. The summed E-state index contributed by atoms with van der Waals surface area (Å²) in [5.74, 6) is 0. The first-order chi connectivity index (χ1) is 24.2. The smallest absolute Gasteiger partial charge is 0.330 e. The fourth-order valence-corrected chi connectivity index (χ4v) is 10.8. The van der Waals surface area contributed by atoms with Gasteiger partial charge in [0.15, 0.2) is 12.5 Å². The van der Waals surface area contributed by atoms with E-state index in [2.05, 4.69) is 26.3 Å². The van der Waals surface area contributed by atoms with Gasteiger partial charge in [-0.3, -0.25) is 55.6 Å². The van der Waals surface area contributed by atoms with Crippen molar-refractivity contribution in [1.82, 2.24) is 19.1 Å². The molecule has 4 heterocycles. The lowest BCUT2D eigenvalue weighted by Gasteiger charge is -2.39. The van der Waals surface area contributed by atoms with Crippen LogP contribution in [0.15, 0.2) is 43.7 Å². The molecule has 0 aromatic carbocycles. The van der Waals surface area contributed by atoms with Crippen LogP contribution in [0.5, 0.6) is 0 Å². The third-order valence-electron chi connectivity index (χ3n) is 6.55. The standard InChI is InChI=1S/C18H26BN4O25P5/c19-49(32,45-52(37,38)47-50(33,34)41-5-7-11(26)13(28)15(43-7)22-3-1-9(24)20-17(22)30)46-53(39,40)48-51(35,36)42-6-8-12(27)14(29)16(44-8)23-4-2-10(25)21-18(23)31/h1-4,7-8,11-16,26-29H,5-6H2,(H,33,34)(H,35,36)(H,37,38)(H,39,40)(H,20,24,30)(H,21,25,31)/q-1/p-4/t7-,8-,11-,12-,13-,14-,15-,16-/m1/s1. The van der Waals surface area contributed by atoms with Gasteiger partial charge in [-0.25, -0.2) is 18.2 Å². The van der Waals surface area contributed by atoms with E-state index in [0.29, 0.717) is 9.13 Å². The highest BCUT2D eigenvalue weighted by Gasteiger charge is 2.46. The molecule has 3 radical (unpaired) electrons. The zero-order chi connectivity index (χ0) is 39.9. The minimum atomic E-state index is -6.61. The Hall–Kier alpha value is -2.07.